The van der Waals surface area contributed by atoms with Crippen LogP contribution >= 0.6 is 0 Å². The van der Waals surface area contributed by atoms with Crippen molar-refractivity contribution in [1.82, 2.24) is 0 Å². The van der Waals surface area contributed by atoms with Crippen LogP contribution in [0.5, 0.6) is 0 Å². The lowest BCUT2D eigenvalue weighted by molar-refractivity contribution is -0.917. The Kier molecular flexibility index (Phi) is 13.3. The molecule has 2 rings (SSSR count). The van der Waals surface area contributed by atoms with E-state index in [4.69, 9.17) is 9.47 Å². The van der Waals surface area contributed by atoms with Gasteiger partial charge in [-0.2, -0.15) is 0 Å². The van der Waals surface area contributed by atoms with Gasteiger partial charge < -0.3 is 66.4 Å². The van der Waals surface area contributed by atoms with E-state index >= 15 is 0 Å². The molecule has 0 aromatic rings. The molecule has 0 N–H and O–H groups in total. The molecule has 0 bridgehead atoms. The molecule has 0 saturated carbocycles. The predicted octanol–water partition coefficient (Wildman–Crippen LogP) is -4.10. The summed E-state index contributed by atoms with van der Waals surface area (Å²) in [4.78, 5) is 0. The minimum absolute atomic E-state index is 0. The molecule has 0 radical (unpaired) electrons. The van der Waals surface area contributed by atoms with Gasteiger partial charge >= 0.3 is 0 Å². The number of hydrogen-bond acceptors (Lipinski definition) is 2. The summed E-state index contributed by atoms with van der Waals surface area (Å²) in [5, 5.41) is 0. The van der Waals surface area contributed by atoms with Crippen LogP contribution in [0.15, 0.2) is 0 Å². The quantitative estimate of drug-likeness (QED) is 0.173. The second-order valence-electron chi connectivity index (χ2n) is 7.57. The summed E-state index contributed by atoms with van der Waals surface area (Å²) in [6.07, 6.45) is 6.99. The van der Waals surface area contributed by atoms with Gasteiger partial charge in [0.25, 0.3) is 0 Å². The third-order valence-electron chi connectivity index (χ3n) is 5.50. The van der Waals surface area contributed by atoms with Crippen LogP contribution in [-0.4, -0.2) is 88.8 Å². The molecule has 23 heavy (non-hydrogen) atoms. The Morgan fingerprint density at radius 3 is 1.22 bits per heavy atom. The number of likely N-dealkylation sites (N-methyl/N-ethyl adjacent to an activating group) is 2. The van der Waals surface area contributed by atoms with Crippen molar-refractivity contribution in [3.8, 4) is 0 Å². The molecule has 0 spiro atoms. The first-order valence-electron chi connectivity index (χ1n) is 8.95. The number of quaternary nitrogens is 2. The molecule has 0 atom stereocenters. The summed E-state index contributed by atoms with van der Waals surface area (Å²) in [5.41, 5.74) is 0. The number of rotatable bonds is 8. The number of nitrogens with zero attached hydrogens (tertiary/aromatic N) is 2. The van der Waals surface area contributed by atoms with Gasteiger partial charge in [-0.3, -0.25) is 0 Å². The molecule has 2 aliphatic rings. The molecule has 2 saturated heterocycles. The van der Waals surface area contributed by atoms with Crippen molar-refractivity contribution >= 4 is 0 Å². The van der Waals surface area contributed by atoms with Crippen LogP contribution < -0.4 is 48.0 Å². The summed E-state index contributed by atoms with van der Waals surface area (Å²) in [5.74, 6) is 0. The zero-order valence-electron chi connectivity index (χ0n) is 15.1. The lowest BCUT2D eigenvalue weighted by Gasteiger charge is -2.38. The summed E-state index contributed by atoms with van der Waals surface area (Å²) >= 11 is 0. The SMILES string of the molecule is C[N+]1(CCCCCCC[N+]2(C)CCOCC2)CCOCC1.[I-].[I-]. The smallest absolute Gasteiger partial charge is 0.102 e. The minimum atomic E-state index is 0. The summed E-state index contributed by atoms with van der Waals surface area (Å²) in [7, 11) is 4.79. The van der Waals surface area contributed by atoms with E-state index in [1.165, 1.54) is 80.3 Å². The van der Waals surface area contributed by atoms with Gasteiger partial charge in [0.2, 0.25) is 0 Å². The van der Waals surface area contributed by atoms with E-state index in [1.807, 2.05) is 0 Å². The van der Waals surface area contributed by atoms with Crippen molar-refractivity contribution in [3.63, 3.8) is 0 Å². The lowest BCUT2D eigenvalue weighted by atomic mass is 10.1. The van der Waals surface area contributed by atoms with Gasteiger partial charge in [-0.1, -0.05) is 6.42 Å². The van der Waals surface area contributed by atoms with Crippen molar-refractivity contribution in [2.45, 2.75) is 32.1 Å². The lowest BCUT2D eigenvalue weighted by Crippen LogP contribution is -3.00. The summed E-state index contributed by atoms with van der Waals surface area (Å²) in [6.45, 7) is 11.3. The minimum Gasteiger partial charge on any atom is -1.00 e. The van der Waals surface area contributed by atoms with Crippen LogP contribution in [0.1, 0.15) is 32.1 Å². The van der Waals surface area contributed by atoms with Gasteiger partial charge in [0.1, 0.15) is 26.2 Å². The van der Waals surface area contributed by atoms with Gasteiger partial charge in [0.15, 0.2) is 0 Å². The van der Waals surface area contributed by atoms with Crippen molar-refractivity contribution in [1.29, 1.82) is 0 Å². The molecule has 2 fully saturated rings. The van der Waals surface area contributed by atoms with Crippen LogP contribution in [-0.2, 0) is 9.47 Å². The molecule has 140 valence electrons. The Morgan fingerprint density at radius 1 is 0.565 bits per heavy atom. The fraction of sp³-hybridized carbons (Fsp3) is 1.00. The zero-order valence-corrected chi connectivity index (χ0v) is 19.4. The third kappa shape index (κ3) is 9.53. The van der Waals surface area contributed by atoms with E-state index in [2.05, 4.69) is 14.1 Å². The Morgan fingerprint density at radius 2 is 0.870 bits per heavy atom. The number of unbranched alkanes of at least 4 members (excludes halogenated alkanes) is 4. The fourth-order valence-corrected chi connectivity index (χ4v) is 3.53. The molecule has 2 heterocycles. The van der Waals surface area contributed by atoms with Gasteiger partial charge in [-0.25, -0.2) is 0 Å². The van der Waals surface area contributed by atoms with Gasteiger partial charge in [-0.05, 0) is 25.7 Å². The summed E-state index contributed by atoms with van der Waals surface area (Å²) < 4.78 is 13.4. The molecule has 0 aliphatic carbocycles. The number of hydrogen-bond donors (Lipinski definition) is 0. The summed E-state index contributed by atoms with van der Waals surface area (Å²) in [6, 6.07) is 0. The van der Waals surface area contributed by atoms with Gasteiger partial charge in [-0.15, -0.1) is 0 Å². The highest BCUT2D eigenvalue weighted by atomic mass is 127. The third-order valence-corrected chi connectivity index (χ3v) is 5.50. The first kappa shape index (κ1) is 24.3. The highest BCUT2D eigenvalue weighted by molar-refractivity contribution is 4.51. The van der Waals surface area contributed by atoms with E-state index in [0.29, 0.717) is 0 Å². The van der Waals surface area contributed by atoms with E-state index in [1.54, 1.807) is 0 Å². The fourth-order valence-electron chi connectivity index (χ4n) is 3.53. The maximum atomic E-state index is 5.47. The van der Waals surface area contributed by atoms with Crippen molar-refractivity contribution in [3.05, 3.63) is 0 Å². The van der Waals surface area contributed by atoms with Crippen molar-refractivity contribution < 1.29 is 66.4 Å². The standard InChI is InChI=1S/C17H36N2O2.2HI/c1-18(10-14-20-15-11-18)8-6-4-3-5-7-9-19(2)12-16-21-17-13-19;;/h3-17H2,1-2H3;2*1H/q+2;;/p-2. The number of morpholine rings is 2. The highest BCUT2D eigenvalue weighted by Crippen LogP contribution is 2.14. The highest BCUT2D eigenvalue weighted by Gasteiger charge is 2.25. The van der Waals surface area contributed by atoms with Crippen LogP contribution in [0.4, 0.5) is 0 Å². The molecule has 6 heteroatoms. The molecular weight excluding hydrogens is 518 g/mol. The molecule has 0 aromatic carbocycles. The first-order valence-corrected chi connectivity index (χ1v) is 8.95. The van der Waals surface area contributed by atoms with E-state index < -0.39 is 0 Å². The molecule has 0 unspecified atom stereocenters. The largest absolute Gasteiger partial charge is 1.00 e. The van der Waals surface area contributed by atoms with Crippen molar-refractivity contribution in [2.24, 2.45) is 0 Å². The normalized spacial score (nSPS) is 22.7. The Hall–Kier alpha value is 1.30. The maximum Gasteiger partial charge on any atom is 0.102 e. The van der Waals surface area contributed by atoms with Crippen LogP contribution in [0, 0.1) is 0 Å². The van der Waals surface area contributed by atoms with E-state index in [0.717, 1.165) is 26.4 Å². The molecule has 0 amide bonds. The zero-order chi connectivity index (χ0) is 15.0. The van der Waals surface area contributed by atoms with Crippen LogP contribution in [0.2, 0.25) is 0 Å². The average molecular weight is 554 g/mol. The van der Waals surface area contributed by atoms with Crippen LogP contribution in [0.3, 0.4) is 0 Å². The van der Waals surface area contributed by atoms with Gasteiger partial charge in [0.05, 0.1) is 53.6 Å². The molecule has 4 nitrogen and oxygen atoms in total. The van der Waals surface area contributed by atoms with Gasteiger partial charge in [0, 0.05) is 0 Å². The first-order chi connectivity index (χ1) is 10.1. The second-order valence-corrected chi connectivity index (χ2v) is 7.57. The Balaban J connectivity index is 0.00000242. The molecular formula is C17H36I2N2O2. The molecule has 2 aliphatic heterocycles. The van der Waals surface area contributed by atoms with E-state index in [9.17, 15) is 0 Å². The maximum absolute atomic E-state index is 5.47. The Bertz CT molecular complexity index is 266. The average Bonchev–Trinajstić information content (AvgIpc) is 2.47. The van der Waals surface area contributed by atoms with Crippen molar-refractivity contribution in [2.75, 3.05) is 79.8 Å². The Labute approximate surface area is 177 Å². The monoisotopic (exact) mass is 554 g/mol. The second kappa shape index (κ2) is 12.6. The molecule has 0 aromatic heterocycles. The predicted molar refractivity (Wildman–Crippen MR) is 86.3 cm³/mol. The number of halogens is 2. The topological polar surface area (TPSA) is 18.5 Å². The number of ether oxygens (including phenoxy) is 2. The van der Waals surface area contributed by atoms with Crippen LogP contribution in [0.25, 0.3) is 0 Å². The van der Waals surface area contributed by atoms with E-state index in [-0.39, 0.29) is 48.0 Å².